The third-order valence-electron chi connectivity index (χ3n) is 3.85. The molecule has 0 amide bonds. The van der Waals surface area contributed by atoms with Gasteiger partial charge in [0.05, 0.1) is 16.3 Å². The van der Waals surface area contributed by atoms with Gasteiger partial charge in [0.1, 0.15) is 0 Å². The molecule has 106 valence electrons. The summed E-state index contributed by atoms with van der Waals surface area (Å²) in [5.41, 5.74) is 6.99. The summed E-state index contributed by atoms with van der Waals surface area (Å²) < 4.78 is 23.2. The Morgan fingerprint density at radius 3 is 2.68 bits per heavy atom. The number of hydrogen-bond donors (Lipinski definition) is 2. The number of anilines is 2. The molecule has 1 fully saturated rings. The average molecular weight is 282 g/mol. The quantitative estimate of drug-likeness (QED) is 0.832. The highest BCUT2D eigenvalue weighted by Gasteiger charge is 2.21. The Morgan fingerprint density at radius 2 is 2.11 bits per heavy atom. The van der Waals surface area contributed by atoms with Crippen molar-refractivity contribution < 1.29 is 8.42 Å². The molecule has 5 heteroatoms. The molecule has 0 bridgehead atoms. The number of rotatable bonds is 4. The summed E-state index contributed by atoms with van der Waals surface area (Å²) in [6.07, 6.45) is 4.94. The standard InChI is InChI=1S/C14H22N2O2S/c1-10-6-7-11(8-10)9-16-12-4-3-5-13(14(12)15)19(2,17)18/h3-5,10-11,16H,6-9,15H2,1-2H3. The van der Waals surface area contributed by atoms with Crippen LogP contribution in [-0.4, -0.2) is 21.2 Å². The van der Waals surface area contributed by atoms with E-state index in [2.05, 4.69) is 12.2 Å². The van der Waals surface area contributed by atoms with E-state index < -0.39 is 9.84 Å². The lowest BCUT2D eigenvalue weighted by Gasteiger charge is -2.15. The van der Waals surface area contributed by atoms with E-state index in [0.29, 0.717) is 11.6 Å². The Kier molecular flexibility index (Phi) is 4.04. The van der Waals surface area contributed by atoms with Gasteiger partial charge in [-0.1, -0.05) is 19.4 Å². The van der Waals surface area contributed by atoms with E-state index in [1.54, 1.807) is 12.1 Å². The van der Waals surface area contributed by atoms with Gasteiger partial charge in [-0.25, -0.2) is 8.42 Å². The van der Waals surface area contributed by atoms with Crippen molar-refractivity contribution in [2.24, 2.45) is 11.8 Å². The second-order valence-electron chi connectivity index (χ2n) is 5.65. The van der Waals surface area contributed by atoms with E-state index in [1.807, 2.05) is 6.07 Å². The van der Waals surface area contributed by atoms with Crippen LogP contribution in [0.25, 0.3) is 0 Å². The van der Waals surface area contributed by atoms with Crippen molar-refractivity contribution in [2.45, 2.75) is 31.1 Å². The molecule has 2 atom stereocenters. The zero-order chi connectivity index (χ0) is 14.0. The predicted molar refractivity (Wildman–Crippen MR) is 79.0 cm³/mol. The number of benzene rings is 1. The highest BCUT2D eigenvalue weighted by Crippen LogP contribution is 2.32. The van der Waals surface area contributed by atoms with Crippen LogP contribution in [0.5, 0.6) is 0 Å². The zero-order valence-corrected chi connectivity index (χ0v) is 12.3. The molecule has 3 N–H and O–H groups in total. The second-order valence-corrected chi connectivity index (χ2v) is 7.64. The Hall–Kier alpha value is -1.23. The second kappa shape index (κ2) is 5.41. The molecule has 0 radical (unpaired) electrons. The Balaban J connectivity index is 2.09. The molecular formula is C14H22N2O2S. The largest absolute Gasteiger partial charge is 0.396 e. The molecule has 1 aliphatic carbocycles. The molecule has 0 saturated heterocycles. The van der Waals surface area contributed by atoms with Crippen LogP contribution in [0.2, 0.25) is 0 Å². The van der Waals surface area contributed by atoms with Crippen LogP contribution in [0.15, 0.2) is 23.1 Å². The van der Waals surface area contributed by atoms with Gasteiger partial charge in [0, 0.05) is 12.8 Å². The molecule has 0 aliphatic heterocycles. The first-order valence-electron chi connectivity index (χ1n) is 6.70. The maximum absolute atomic E-state index is 11.6. The van der Waals surface area contributed by atoms with Gasteiger partial charge >= 0.3 is 0 Å². The lowest BCUT2D eigenvalue weighted by atomic mass is 10.1. The molecule has 1 aromatic rings. The minimum atomic E-state index is -3.27. The Labute approximate surface area is 115 Å². The monoisotopic (exact) mass is 282 g/mol. The fraction of sp³-hybridized carbons (Fsp3) is 0.571. The zero-order valence-electron chi connectivity index (χ0n) is 11.5. The van der Waals surface area contributed by atoms with E-state index >= 15 is 0 Å². The molecule has 0 spiro atoms. The van der Waals surface area contributed by atoms with Crippen molar-refractivity contribution in [3.8, 4) is 0 Å². The summed E-state index contributed by atoms with van der Waals surface area (Å²) in [4.78, 5) is 0.206. The van der Waals surface area contributed by atoms with E-state index in [4.69, 9.17) is 5.73 Å². The van der Waals surface area contributed by atoms with Crippen LogP contribution in [0.4, 0.5) is 11.4 Å². The minimum absolute atomic E-state index is 0.206. The summed E-state index contributed by atoms with van der Waals surface area (Å²) in [5.74, 6) is 1.46. The normalized spacial score (nSPS) is 23.5. The van der Waals surface area contributed by atoms with E-state index in [1.165, 1.54) is 25.5 Å². The number of para-hydroxylation sites is 1. The van der Waals surface area contributed by atoms with Gasteiger partial charge in [-0.05, 0) is 36.8 Å². The van der Waals surface area contributed by atoms with Gasteiger partial charge in [0.15, 0.2) is 9.84 Å². The summed E-state index contributed by atoms with van der Waals surface area (Å²) in [7, 11) is -3.27. The number of nitrogens with two attached hydrogens (primary N) is 1. The third kappa shape index (κ3) is 3.41. The summed E-state index contributed by atoms with van der Waals surface area (Å²) in [5, 5.41) is 3.30. The van der Waals surface area contributed by atoms with Gasteiger partial charge in [-0.2, -0.15) is 0 Å². The molecule has 2 rings (SSSR count). The van der Waals surface area contributed by atoms with E-state index in [9.17, 15) is 8.42 Å². The number of hydrogen-bond acceptors (Lipinski definition) is 4. The van der Waals surface area contributed by atoms with Crippen molar-refractivity contribution in [1.29, 1.82) is 0 Å². The van der Waals surface area contributed by atoms with Crippen molar-refractivity contribution in [1.82, 2.24) is 0 Å². The lowest BCUT2D eigenvalue weighted by Crippen LogP contribution is -2.13. The number of nitrogen functional groups attached to an aromatic ring is 1. The molecule has 1 aromatic carbocycles. The average Bonchev–Trinajstić information content (AvgIpc) is 2.72. The van der Waals surface area contributed by atoms with Crippen LogP contribution < -0.4 is 11.1 Å². The van der Waals surface area contributed by atoms with Crippen molar-refractivity contribution in [3.63, 3.8) is 0 Å². The first kappa shape index (κ1) is 14.2. The van der Waals surface area contributed by atoms with Gasteiger partial charge in [-0.15, -0.1) is 0 Å². The first-order chi connectivity index (χ1) is 8.88. The van der Waals surface area contributed by atoms with E-state index in [-0.39, 0.29) is 4.90 Å². The fourth-order valence-electron chi connectivity index (χ4n) is 2.79. The van der Waals surface area contributed by atoms with Crippen LogP contribution in [-0.2, 0) is 9.84 Å². The van der Waals surface area contributed by atoms with Gasteiger partial charge in [0.2, 0.25) is 0 Å². The Bertz CT molecular complexity index is 555. The molecule has 0 heterocycles. The maximum Gasteiger partial charge on any atom is 0.177 e. The Morgan fingerprint density at radius 1 is 1.37 bits per heavy atom. The fourth-order valence-corrected chi connectivity index (χ4v) is 3.62. The molecule has 2 unspecified atom stereocenters. The summed E-state index contributed by atoms with van der Waals surface area (Å²) >= 11 is 0. The van der Waals surface area contributed by atoms with Crippen molar-refractivity contribution in [3.05, 3.63) is 18.2 Å². The van der Waals surface area contributed by atoms with Crippen molar-refractivity contribution in [2.75, 3.05) is 23.9 Å². The molecule has 0 aromatic heterocycles. The van der Waals surface area contributed by atoms with Gasteiger partial charge in [0.25, 0.3) is 0 Å². The van der Waals surface area contributed by atoms with E-state index in [0.717, 1.165) is 18.2 Å². The lowest BCUT2D eigenvalue weighted by molar-refractivity contribution is 0.537. The molecule has 19 heavy (non-hydrogen) atoms. The van der Waals surface area contributed by atoms with Crippen molar-refractivity contribution >= 4 is 21.2 Å². The van der Waals surface area contributed by atoms with Crippen LogP contribution in [0.1, 0.15) is 26.2 Å². The SMILES string of the molecule is CC1CCC(CNc2cccc(S(C)(=O)=O)c2N)C1. The van der Waals surface area contributed by atoms with Gasteiger partial charge < -0.3 is 11.1 Å². The minimum Gasteiger partial charge on any atom is -0.396 e. The smallest absolute Gasteiger partial charge is 0.177 e. The summed E-state index contributed by atoms with van der Waals surface area (Å²) in [6.45, 7) is 3.14. The van der Waals surface area contributed by atoms with Crippen LogP contribution in [0.3, 0.4) is 0 Å². The summed E-state index contributed by atoms with van der Waals surface area (Å²) in [6, 6.07) is 5.11. The predicted octanol–water partition coefficient (Wildman–Crippen LogP) is 2.52. The molecule has 1 aliphatic rings. The molecule has 1 saturated carbocycles. The van der Waals surface area contributed by atoms with Crippen LogP contribution in [0, 0.1) is 11.8 Å². The highest BCUT2D eigenvalue weighted by atomic mass is 32.2. The van der Waals surface area contributed by atoms with Gasteiger partial charge in [-0.3, -0.25) is 0 Å². The van der Waals surface area contributed by atoms with Crippen LogP contribution >= 0.6 is 0 Å². The molecular weight excluding hydrogens is 260 g/mol. The number of nitrogens with one attached hydrogen (secondary N) is 1. The topological polar surface area (TPSA) is 72.2 Å². The first-order valence-corrected chi connectivity index (χ1v) is 8.59. The highest BCUT2D eigenvalue weighted by molar-refractivity contribution is 7.90. The third-order valence-corrected chi connectivity index (χ3v) is 5.01. The number of sulfone groups is 1. The maximum atomic E-state index is 11.6. The molecule has 4 nitrogen and oxygen atoms in total.